The molecule has 98 valence electrons. The second-order valence-electron chi connectivity index (χ2n) is 4.40. The maximum atomic E-state index is 5.32. The Hall–Kier alpha value is -1.05. The third-order valence-electron chi connectivity index (χ3n) is 2.66. The van der Waals surface area contributed by atoms with Gasteiger partial charge >= 0.3 is 0 Å². The monoisotopic (exact) mass is 236 g/mol. The summed E-state index contributed by atoms with van der Waals surface area (Å²) in [6, 6.07) is 3.50. The van der Waals surface area contributed by atoms with Crippen LogP contribution in [0.4, 0.5) is 5.69 Å². The van der Waals surface area contributed by atoms with E-state index in [1.807, 2.05) is 0 Å². The van der Waals surface area contributed by atoms with E-state index in [2.05, 4.69) is 18.8 Å². The maximum Gasteiger partial charge on any atom is 0.0344 e. The minimum atomic E-state index is 0.759. The molecule has 0 saturated carbocycles. The number of nitrogen functional groups attached to an aromatic ring is 1. The molecule has 0 aliphatic heterocycles. The Kier molecular flexibility index (Phi) is 12.2. The van der Waals surface area contributed by atoms with Crippen molar-refractivity contribution in [2.75, 3.05) is 5.73 Å². The summed E-state index contributed by atoms with van der Waals surface area (Å²) in [5.41, 5.74) is 6.08. The van der Waals surface area contributed by atoms with E-state index in [1.165, 1.54) is 51.4 Å². The average Bonchev–Trinajstić information content (AvgIpc) is 2.35. The molecule has 0 atom stereocenters. The first-order chi connectivity index (χ1) is 8.31. The van der Waals surface area contributed by atoms with Crippen LogP contribution < -0.4 is 5.73 Å². The van der Waals surface area contributed by atoms with Gasteiger partial charge in [-0.25, -0.2) is 0 Å². The van der Waals surface area contributed by atoms with Crippen molar-refractivity contribution < 1.29 is 0 Å². The third kappa shape index (κ3) is 12.9. The lowest BCUT2D eigenvalue weighted by atomic mass is 10.1. The van der Waals surface area contributed by atoms with Gasteiger partial charge in [0.1, 0.15) is 0 Å². The topological polar surface area (TPSA) is 38.9 Å². The summed E-state index contributed by atoms with van der Waals surface area (Å²) in [7, 11) is 0. The van der Waals surface area contributed by atoms with Gasteiger partial charge in [0, 0.05) is 18.1 Å². The molecule has 0 aliphatic carbocycles. The van der Waals surface area contributed by atoms with Crippen LogP contribution in [-0.2, 0) is 0 Å². The molecule has 1 heterocycles. The minimum absolute atomic E-state index is 0.759. The fraction of sp³-hybridized carbons (Fsp3) is 0.667. The minimum Gasteiger partial charge on any atom is -0.399 e. The zero-order chi connectivity index (χ0) is 12.8. The summed E-state index contributed by atoms with van der Waals surface area (Å²) in [5.74, 6) is 0. The molecule has 0 radical (unpaired) electrons. The summed E-state index contributed by atoms with van der Waals surface area (Å²) in [6.07, 6.45) is 14.8. The zero-order valence-corrected chi connectivity index (χ0v) is 11.5. The molecule has 0 aliphatic rings. The molecule has 1 aromatic heterocycles. The first-order valence-electron chi connectivity index (χ1n) is 6.96. The molecule has 2 N–H and O–H groups in total. The number of aromatic nitrogens is 1. The Labute approximate surface area is 107 Å². The van der Waals surface area contributed by atoms with Crippen LogP contribution in [0.15, 0.2) is 24.5 Å². The molecule has 2 nitrogen and oxygen atoms in total. The van der Waals surface area contributed by atoms with Crippen molar-refractivity contribution in [1.29, 1.82) is 0 Å². The van der Waals surface area contributed by atoms with Gasteiger partial charge < -0.3 is 5.73 Å². The summed E-state index contributed by atoms with van der Waals surface area (Å²) in [4.78, 5) is 3.77. The molecule has 0 aromatic carbocycles. The van der Waals surface area contributed by atoms with Crippen LogP contribution in [0.25, 0.3) is 0 Å². The van der Waals surface area contributed by atoms with Crippen LogP contribution in [0.2, 0.25) is 0 Å². The van der Waals surface area contributed by atoms with Gasteiger partial charge in [-0.1, -0.05) is 65.2 Å². The largest absolute Gasteiger partial charge is 0.399 e. The fourth-order valence-corrected chi connectivity index (χ4v) is 1.57. The van der Waals surface area contributed by atoms with E-state index in [0.717, 1.165) is 5.69 Å². The van der Waals surface area contributed by atoms with Gasteiger partial charge in [0.25, 0.3) is 0 Å². The van der Waals surface area contributed by atoms with Crippen molar-refractivity contribution in [3.05, 3.63) is 24.5 Å². The number of hydrogen-bond donors (Lipinski definition) is 1. The van der Waals surface area contributed by atoms with Crippen molar-refractivity contribution in [1.82, 2.24) is 4.98 Å². The zero-order valence-electron chi connectivity index (χ0n) is 11.5. The third-order valence-corrected chi connectivity index (χ3v) is 2.66. The molecular weight excluding hydrogens is 208 g/mol. The van der Waals surface area contributed by atoms with Crippen LogP contribution in [0.1, 0.15) is 65.2 Å². The normalized spacial score (nSPS) is 9.53. The second kappa shape index (κ2) is 13.0. The standard InChI is InChI=1S/C10H22.C5H6N2/c1-3-5-7-9-10-8-6-4-2;6-5-1-3-7-4-2-5/h3-10H2,1-2H3;1-4H,(H2,6,7). The highest BCUT2D eigenvalue weighted by Crippen LogP contribution is 2.07. The fourth-order valence-electron chi connectivity index (χ4n) is 1.57. The Bertz CT molecular complexity index is 226. The van der Waals surface area contributed by atoms with E-state index in [-0.39, 0.29) is 0 Å². The van der Waals surface area contributed by atoms with Crippen LogP contribution in [0.3, 0.4) is 0 Å². The van der Waals surface area contributed by atoms with Gasteiger partial charge in [-0.3, -0.25) is 4.98 Å². The number of rotatable bonds is 7. The number of nitrogens with two attached hydrogens (primary N) is 1. The number of hydrogen-bond acceptors (Lipinski definition) is 2. The van der Waals surface area contributed by atoms with Gasteiger partial charge in [-0.05, 0) is 12.1 Å². The van der Waals surface area contributed by atoms with E-state index in [0.29, 0.717) is 0 Å². The number of pyridine rings is 1. The Morgan fingerprint density at radius 1 is 0.824 bits per heavy atom. The predicted octanol–water partition coefficient (Wildman–Crippen LogP) is 4.81. The lowest BCUT2D eigenvalue weighted by Gasteiger charge is -1.97. The number of nitrogens with zero attached hydrogens (tertiary/aromatic N) is 1. The predicted molar refractivity (Wildman–Crippen MR) is 76.9 cm³/mol. The molecule has 17 heavy (non-hydrogen) atoms. The first-order valence-corrected chi connectivity index (χ1v) is 6.96. The van der Waals surface area contributed by atoms with Gasteiger partial charge in [-0.2, -0.15) is 0 Å². The van der Waals surface area contributed by atoms with Crippen molar-refractivity contribution in [2.24, 2.45) is 0 Å². The van der Waals surface area contributed by atoms with E-state index >= 15 is 0 Å². The molecule has 0 spiro atoms. The molecule has 1 aromatic rings. The average molecular weight is 236 g/mol. The summed E-state index contributed by atoms with van der Waals surface area (Å²) in [5, 5.41) is 0. The number of unbranched alkanes of at least 4 members (excludes halogenated alkanes) is 7. The SMILES string of the molecule is CCCCCCCCCC.Nc1ccncc1. The smallest absolute Gasteiger partial charge is 0.0344 e. The van der Waals surface area contributed by atoms with Crippen molar-refractivity contribution in [2.45, 2.75) is 65.2 Å². The maximum absolute atomic E-state index is 5.32. The van der Waals surface area contributed by atoms with Gasteiger partial charge in [0.2, 0.25) is 0 Å². The molecule has 1 rings (SSSR count). The Balaban J connectivity index is 0.000000318. The molecular formula is C15H28N2. The summed E-state index contributed by atoms with van der Waals surface area (Å²) >= 11 is 0. The van der Waals surface area contributed by atoms with Gasteiger partial charge in [0.05, 0.1) is 0 Å². The van der Waals surface area contributed by atoms with Gasteiger partial charge in [0.15, 0.2) is 0 Å². The first kappa shape index (κ1) is 16.0. The highest BCUT2D eigenvalue weighted by Gasteiger charge is 1.87. The molecule has 0 saturated heterocycles. The Morgan fingerprint density at radius 2 is 1.24 bits per heavy atom. The second-order valence-corrected chi connectivity index (χ2v) is 4.40. The van der Waals surface area contributed by atoms with Gasteiger partial charge in [-0.15, -0.1) is 0 Å². The summed E-state index contributed by atoms with van der Waals surface area (Å²) < 4.78 is 0. The molecule has 2 heteroatoms. The Morgan fingerprint density at radius 3 is 1.53 bits per heavy atom. The lowest BCUT2D eigenvalue weighted by molar-refractivity contribution is 0.585. The highest BCUT2D eigenvalue weighted by molar-refractivity contribution is 5.33. The molecule has 0 amide bonds. The van der Waals surface area contributed by atoms with E-state index in [4.69, 9.17) is 5.73 Å². The van der Waals surface area contributed by atoms with Crippen LogP contribution in [0, 0.1) is 0 Å². The summed E-state index contributed by atoms with van der Waals surface area (Å²) in [6.45, 7) is 4.54. The number of anilines is 1. The van der Waals surface area contributed by atoms with E-state index < -0.39 is 0 Å². The van der Waals surface area contributed by atoms with E-state index in [1.54, 1.807) is 24.5 Å². The van der Waals surface area contributed by atoms with Crippen LogP contribution in [0.5, 0.6) is 0 Å². The van der Waals surface area contributed by atoms with Crippen LogP contribution >= 0.6 is 0 Å². The lowest BCUT2D eigenvalue weighted by Crippen LogP contribution is -1.81. The van der Waals surface area contributed by atoms with Crippen molar-refractivity contribution in [3.63, 3.8) is 0 Å². The van der Waals surface area contributed by atoms with E-state index in [9.17, 15) is 0 Å². The van der Waals surface area contributed by atoms with Crippen molar-refractivity contribution >= 4 is 5.69 Å². The molecule has 0 unspecified atom stereocenters. The quantitative estimate of drug-likeness (QED) is 0.690. The molecule has 0 fully saturated rings. The highest BCUT2D eigenvalue weighted by atomic mass is 14.6. The van der Waals surface area contributed by atoms with Crippen LogP contribution in [-0.4, -0.2) is 4.98 Å². The molecule has 0 bridgehead atoms. The van der Waals surface area contributed by atoms with Crippen molar-refractivity contribution in [3.8, 4) is 0 Å².